The second-order valence-corrected chi connectivity index (χ2v) is 5.71. The zero-order chi connectivity index (χ0) is 17.5. The monoisotopic (exact) mass is 348 g/mol. The first kappa shape index (κ1) is 17.6. The molecule has 7 nitrogen and oxygen atoms in total. The van der Waals surface area contributed by atoms with Crippen molar-refractivity contribution in [3.63, 3.8) is 0 Å². The minimum atomic E-state index is -0.460. The normalized spacial score (nSPS) is 10.1. The SMILES string of the molecule is COc1ccc(NC(=O)CSc2ccc([N+](=O)[O-])cc2)cc1OC. The van der Waals surface area contributed by atoms with Crippen LogP contribution >= 0.6 is 11.8 Å². The Hall–Kier alpha value is -2.74. The second kappa shape index (κ2) is 8.21. The molecule has 0 fully saturated rings. The molecule has 24 heavy (non-hydrogen) atoms. The molecular weight excluding hydrogens is 332 g/mol. The number of nitro benzene ring substituents is 1. The lowest BCUT2D eigenvalue weighted by Crippen LogP contribution is -2.14. The fraction of sp³-hybridized carbons (Fsp3) is 0.188. The summed E-state index contributed by atoms with van der Waals surface area (Å²) in [6.45, 7) is 0. The molecule has 126 valence electrons. The number of non-ortho nitro benzene ring substituents is 1. The van der Waals surface area contributed by atoms with Gasteiger partial charge in [-0.1, -0.05) is 0 Å². The van der Waals surface area contributed by atoms with E-state index in [1.165, 1.54) is 38.1 Å². The summed E-state index contributed by atoms with van der Waals surface area (Å²) in [7, 11) is 3.06. The third-order valence-corrected chi connectivity index (χ3v) is 4.10. The molecule has 0 aliphatic heterocycles. The van der Waals surface area contributed by atoms with Crippen LogP contribution in [0.2, 0.25) is 0 Å². The van der Waals surface area contributed by atoms with Crippen molar-refractivity contribution in [2.24, 2.45) is 0 Å². The molecule has 0 unspecified atom stereocenters. The predicted molar refractivity (Wildman–Crippen MR) is 92.0 cm³/mol. The molecule has 0 heterocycles. The highest BCUT2D eigenvalue weighted by molar-refractivity contribution is 8.00. The zero-order valence-corrected chi connectivity index (χ0v) is 14.0. The third kappa shape index (κ3) is 4.63. The molecule has 0 aromatic heterocycles. The van der Waals surface area contributed by atoms with Crippen molar-refractivity contribution >= 4 is 29.0 Å². The van der Waals surface area contributed by atoms with Gasteiger partial charge < -0.3 is 14.8 Å². The predicted octanol–water partition coefficient (Wildman–Crippen LogP) is 3.34. The number of nitrogens with zero attached hydrogens (tertiary/aromatic N) is 1. The summed E-state index contributed by atoms with van der Waals surface area (Å²) in [4.78, 5) is 22.9. The van der Waals surface area contributed by atoms with Crippen molar-refractivity contribution in [1.82, 2.24) is 0 Å². The number of rotatable bonds is 7. The van der Waals surface area contributed by atoms with E-state index in [9.17, 15) is 14.9 Å². The Morgan fingerprint density at radius 2 is 1.79 bits per heavy atom. The summed E-state index contributed by atoms with van der Waals surface area (Å²) in [5.41, 5.74) is 0.621. The largest absolute Gasteiger partial charge is 0.493 e. The molecule has 0 saturated carbocycles. The van der Waals surface area contributed by atoms with Crippen LogP contribution < -0.4 is 14.8 Å². The van der Waals surface area contributed by atoms with Crippen LogP contribution in [0.4, 0.5) is 11.4 Å². The standard InChI is InChI=1S/C16H16N2O5S/c1-22-14-8-3-11(9-15(14)23-2)17-16(19)10-24-13-6-4-12(5-7-13)18(20)21/h3-9H,10H2,1-2H3,(H,17,19). The molecule has 2 aromatic rings. The molecule has 0 bridgehead atoms. The lowest BCUT2D eigenvalue weighted by molar-refractivity contribution is -0.384. The number of methoxy groups -OCH3 is 2. The molecular formula is C16H16N2O5S. The van der Waals surface area contributed by atoms with Gasteiger partial charge in [0.1, 0.15) is 0 Å². The number of nitro groups is 1. The Balaban J connectivity index is 1.92. The number of carbonyl (C=O) groups excluding carboxylic acids is 1. The van der Waals surface area contributed by atoms with E-state index in [4.69, 9.17) is 9.47 Å². The van der Waals surface area contributed by atoms with Crippen molar-refractivity contribution in [3.05, 3.63) is 52.6 Å². The summed E-state index contributed by atoms with van der Waals surface area (Å²) in [5, 5.41) is 13.4. The van der Waals surface area contributed by atoms with Crippen molar-refractivity contribution in [2.45, 2.75) is 4.90 Å². The van der Waals surface area contributed by atoms with Crippen molar-refractivity contribution in [2.75, 3.05) is 25.3 Å². The third-order valence-electron chi connectivity index (χ3n) is 3.08. The summed E-state index contributed by atoms with van der Waals surface area (Å²) in [6, 6.07) is 11.2. The molecule has 2 rings (SSSR count). The van der Waals surface area contributed by atoms with Crippen LogP contribution in [-0.4, -0.2) is 30.8 Å². The minimum absolute atomic E-state index is 0.0223. The van der Waals surface area contributed by atoms with Gasteiger partial charge in [0.25, 0.3) is 5.69 Å². The maximum Gasteiger partial charge on any atom is 0.269 e. The van der Waals surface area contributed by atoms with Crippen LogP contribution in [0.3, 0.4) is 0 Å². The first-order valence-corrected chi connectivity index (χ1v) is 7.91. The van der Waals surface area contributed by atoms with Crippen LogP contribution in [0, 0.1) is 10.1 Å². The van der Waals surface area contributed by atoms with Crippen molar-refractivity contribution in [1.29, 1.82) is 0 Å². The van der Waals surface area contributed by atoms with Gasteiger partial charge in [-0.05, 0) is 24.3 Å². The number of carbonyl (C=O) groups is 1. The van der Waals surface area contributed by atoms with Gasteiger partial charge in [-0.15, -0.1) is 11.8 Å². The van der Waals surface area contributed by atoms with E-state index in [0.717, 1.165) is 4.90 Å². The molecule has 1 N–H and O–H groups in total. The smallest absolute Gasteiger partial charge is 0.269 e. The van der Waals surface area contributed by atoms with Crippen LogP contribution in [0.25, 0.3) is 0 Å². The van der Waals surface area contributed by atoms with E-state index in [2.05, 4.69) is 5.32 Å². The lowest BCUT2D eigenvalue weighted by atomic mass is 10.2. The van der Waals surface area contributed by atoms with Gasteiger partial charge in [0.2, 0.25) is 5.91 Å². The van der Waals surface area contributed by atoms with Crippen LogP contribution in [-0.2, 0) is 4.79 Å². The Morgan fingerprint density at radius 1 is 1.12 bits per heavy atom. The van der Waals surface area contributed by atoms with Gasteiger partial charge in [-0.3, -0.25) is 14.9 Å². The number of amides is 1. The number of nitrogens with one attached hydrogen (secondary N) is 1. The quantitative estimate of drug-likeness (QED) is 0.469. The van der Waals surface area contributed by atoms with Crippen molar-refractivity contribution in [3.8, 4) is 11.5 Å². The molecule has 0 spiro atoms. The number of thioether (sulfide) groups is 1. The highest BCUT2D eigenvalue weighted by Crippen LogP contribution is 2.30. The first-order valence-electron chi connectivity index (χ1n) is 6.92. The molecule has 0 atom stereocenters. The summed E-state index contributed by atoms with van der Waals surface area (Å²) >= 11 is 1.30. The highest BCUT2D eigenvalue weighted by atomic mass is 32.2. The van der Waals surface area contributed by atoms with Gasteiger partial charge in [0.05, 0.1) is 24.9 Å². The average Bonchev–Trinajstić information content (AvgIpc) is 2.60. The number of anilines is 1. The highest BCUT2D eigenvalue weighted by Gasteiger charge is 2.09. The Labute approximate surface area is 143 Å². The van der Waals surface area contributed by atoms with Crippen LogP contribution in [0.1, 0.15) is 0 Å². The number of ether oxygens (including phenoxy) is 2. The molecule has 0 radical (unpaired) electrons. The van der Waals surface area contributed by atoms with Crippen LogP contribution in [0.5, 0.6) is 11.5 Å². The fourth-order valence-corrected chi connectivity index (χ4v) is 2.62. The summed E-state index contributed by atoms with van der Waals surface area (Å²) in [6.07, 6.45) is 0. The summed E-state index contributed by atoms with van der Waals surface area (Å²) in [5.74, 6) is 1.10. The van der Waals surface area contributed by atoms with E-state index in [1.807, 2.05) is 0 Å². The second-order valence-electron chi connectivity index (χ2n) is 4.66. The van der Waals surface area contributed by atoms with Gasteiger partial charge in [0, 0.05) is 28.8 Å². The molecule has 8 heteroatoms. The van der Waals surface area contributed by atoms with E-state index in [-0.39, 0.29) is 17.3 Å². The zero-order valence-electron chi connectivity index (χ0n) is 13.1. The maximum absolute atomic E-state index is 12.0. The number of hydrogen-bond donors (Lipinski definition) is 1. The Kier molecular flexibility index (Phi) is 6.02. The molecule has 0 aliphatic carbocycles. The molecule has 0 saturated heterocycles. The van der Waals surface area contributed by atoms with Gasteiger partial charge >= 0.3 is 0 Å². The van der Waals surface area contributed by atoms with Crippen molar-refractivity contribution < 1.29 is 19.2 Å². The minimum Gasteiger partial charge on any atom is -0.493 e. The summed E-state index contributed by atoms with van der Waals surface area (Å²) < 4.78 is 10.3. The Bertz CT molecular complexity index is 734. The topological polar surface area (TPSA) is 90.7 Å². The lowest BCUT2D eigenvalue weighted by Gasteiger charge is -2.10. The van der Waals surface area contributed by atoms with E-state index < -0.39 is 4.92 Å². The number of benzene rings is 2. The first-order chi connectivity index (χ1) is 11.5. The van der Waals surface area contributed by atoms with Gasteiger partial charge in [-0.2, -0.15) is 0 Å². The van der Waals surface area contributed by atoms with Crippen LogP contribution in [0.15, 0.2) is 47.4 Å². The molecule has 2 aromatic carbocycles. The van der Waals surface area contributed by atoms with Gasteiger partial charge in [0.15, 0.2) is 11.5 Å². The number of hydrogen-bond acceptors (Lipinski definition) is 6. The van der Waals surface area contributed by atoms with E-state index in [1.54, 1.807) is 30.3 Å². The molecule has 0 aliphatic rings. The average molecular weight is 348 g/mol. The fourth-order valence-electron chi connectivity index (χ4n) is 1.92. The van der Waals surface area contributed by atoms with E-state index in [0.29, 0.717) is 17.2 Å². The Morgan fingerprint density at radius 3 is 2.38 bits per heavy atom. The van der Waals surface area contributed by atoms with E-state index >= 15 is 0 Å². The molecule has 1 amide bonds. The maximum atomic E-state index is 12.0. The van der Waals surface area contributed by atoms with Gasteiger partial charge in [-0.25, -0.2) is 0 Å².